The van der Waals surface area contributed by atoms with Crippen LogP contribution in [0.3, 0.4) is 0 Å². The molecule has 1 aromatic carbocycles. The van der Waals surface area contributed by atoms with E-state index in [2.05, 4.69) is 0 Å². The Labute approximate surface area is 198 Å². The van der Waals surface area contributed by atoms with Crippen molar-refractivity contribution in [1.82, 2.24) is 9.13 Å². The molecule has 1 aliphatic heterocycles. The second-order valence-corrected chi connectivity index (χ2v) is 15.5. The van der Waals surface area contributed by atoms with Gasteiger partial charge in [-0.15, -0.1) is 0 Å². The van der Waals surface area contributed by atoms with E-state index in [0.717, 1.165) is 10.1 Å². The highest BCUT2D eigenvalue weighted by Gasteiger charge is 2.86. The van der Waals surface area contributed by atoms with E-state index in [4.69, 9.17) is 13.9 Å². The first-order chi connectivity index (χ1) is 15.7. The molecular weight excluding hydrogens is 462 g/mol. The maximum absolute atomic E-state index is 14.7. The third-order valence-corrected chi connectivity index (χ3v) is 12.1. The summed E-state index contributed by atoms with van der Waals surface area (Å²) in [5, 5.41) is -0.130. The average molecular weight is 495 g/mol. The summed E-state index contributed by atoms with van der Waals surface area (Å²) in [4.78, 5) is 25.6. The highest BCUT2D eigenvalue weighted by atomic mass is 28.4. The number of hydrogen-bond acceptors (Lipinski definition) is 5. The lowest BCUT2D eigenvalue weighted by molar-refractivity contribution is -0.129. The van der Waals surface area contributed by atoms with Crippen molar-refractivity contribution in [3.05, 3.63) is 62.9 Å². The molecule has 0 N–H and O–H groups in total. The topological polar surface area (TPSA) is 71.7 Å². The van der Waals surface area contributed by atoms with E-state index in [9.17, 15) is 18.4 Å². The van der Waals surface area contributed by atoms with Crippen LogP contribution >= 0.6 is 0 Å². The summed E-state index contributed by atoms with van der Waals surface area (Å²) < 4.78 is 48.8. The third kappa shape index (κ3) is 3.95. The Morgan fingerprint density at radius 2 is 1.79 bits per heavy atom. The van der Waals surface area contributed by atoms with Gasteiger partial charge < -0.3 is 13.9 Å². The lowest BCUT2D eigenvalue weighted by Gasteiger charge is -2.37. The van der Waals surface area contributed by atoms with Crippen molar-refractivity contribution in [2.45, 2.75) is 69.6 Å². The van der Waals surface area contributed by atoms with E-state index >= 15 is 0 Å². The summed E-state index contributed by atoms with van der Waals surface area (Å²) in [7, 11) is -0.720. The number of alkyl halides is 2. The SMILES string of the molecule is COc1ccc(Cn2c(=O)ccn([C@H]3C[C@@H]4C(F)(F)[C@]4(CO[Si](C)(C)C(C)(C)C)O3)c2=O)cc1. The quantitative estimate of drug-likeness (QED) is 0.544. The zero-order valence-electron chi connectivity index (χ0n) is 20.4. The summed E-state index contributed by atoms with van der Waals surface area (Å²) in [5.41, 5.74) is -2.07. The van der Waals surface area contributed by atoms with Gasteiger partial charge >= 0.3 is 5.69 Å². The van der Waals surface area contributed by atoms with Crippen LogP contribution in [0.1, 0.15) is 39.0 Å². The lowest BCUT2D eigenvalue weighted by atomic mass is 10.2. The number of benzene rings is 1. The molecule has 0 amide bonds. The third-order valence-electron chi connectivity index (χ3n) is 7.62. The van der Waals surface area contributed by atoms with Crippen LogP contribution in [0, 0.1) is 5.92 Å². The number of nitrogens with zero attached hydrogens (tertiary/aromatic N) is 2. The van der Waals surface area contributed by atoms with Crippen LogP contribution in [0.15, 0.2) is 46.1 Å². The highest BCUT2D eigenvalue weighted by Crippen LogP contribution is 2.69. The van der Waals surface area contributed by atoms with Gasteiger partial charge in [-0.25, -0.2) is 13.6 Å². The molecule has 0 radical (unpaired) electrons. The molecule has 1 aliphatic carbocycles. The molecule has 2 heterocycles. The normalized spacial score (nSPS) is 25.8. The molecule has 1 saturated carbocycles. The van der Waals surface area contributed by atoms with Gasteiger partial charge in [-0.2, -0.15) is 0 Å². The van der Waals surface area contributed by atoms with Crippen molar-refractivity contribution in [3.63, 3.8) is 0 Å². The lowest BCUT2D eigenvalue weighted by Crippen LogP contribution is -2.45. The van der Waals surface area contributed by atoms with E-state index in [1.54, 1.807) is 31.4 Å². The molecule has 1 aromatic heterocycles. The van der Waals surface area contributed by atoms with Gasteiger partial charge in [0.05, 0.1) is 26.2 Å². The molecule has 2 fully saturated rings. The standard InChI is InChI=1S/C24H32F2N2O5Si/c1-22(2,3)34(5,6)32-15-23-18(24(23,25)26)13-20(33-23)27-12-11-19(29)28(21(27)30)14-16-7-9-17(31-4)10-8-16/h7-12,18,20H,13-15H2,1-6H3/t18-,20+,23+/m0/s1. The first kappa shape index (κ1) is 24.8. The van der Waals surface area contributed by atoms with Crippen LogP contribution in [0.2, 0.25) is 18.1 Å². The van der Waals surface area contributed by atoms with Crippen LogP contribution < -0.4 is 16.0 Å². The molecule has 0 spiro atoms. The van der Waals surface area contributed by atoms with Crippen molar-refractivity contribution in [2.24, 2.45) is 5.92 Å². The zero-order chi connectivity index (χ0) is 25.1. The van der Waals surface area contributed by atoms with Gasteiger partial charge in [0.25, 0.3) is 11.5 Å². The fraction of sp³-hybridized carbons (Fsp3) is 0.583. The molecule has 2 aromatic rings. The maximum atomic E-state index is 14.7. The molecule has 1 saturated heterocycles. The van der Waals surface area contributed by atoms with Crippen LogP contribution in [0.25, 0.3) is 0 Å². The van der Waals surface area contributed by atoms with Gasteiger partial charge in [-0.05, 0) is 35.8 Å². The molecule has 2 aliphatic rings. The molecule has 186 valence electrons. The predicted octanol–water partition coefficient (Wildman–Crippen LogP) is 4.01. The minimum atomic E-state index is -3.01. The highest BCUT2D eigenvalue weighted by molar-refractivity contribution is 6.74. The minimum absolute atomic E-state index is 0.0193. The summed E-state index contributed by atoms with van der Waals surface area (Å²) >= 11 is 0. The second kappa shape index (κ2) is 8.13. The Kier molecular flexibility index (Phi) is 5.93. The molecule has 10 heteroatoms. The predicted molar refractivity (Wildman–Crippen MR) is 126 cm³/mol. The Bertz CT molecular complexity index is 1190. The maximum Gasteiger partial charge on any atom is 0.333 e. The summed E-state index contributed by atoms with van der Waals surface area (Å²) in [6, 6.07) is 8.26. The molecule has 7 nitrogen and oxygen atoms in total. The van der Waals surface area contributed by atoms with Gasteiger partial charge in [0, 0.05) is 18.7 Å². The van der Waals surface area contributed by atoms with E-state index < -0.39 is 43.2 Å². The van der Waals surface area contributed by atoms with Crippen molar-refractivity contribution in [1.29, 1.82) is 0 Å². The van der Waals surface area contributed by atoms with E-state index in [0.29, 0.717) is 5.75 Å². The van der Waals surface area contributed by atoms with Crippen LogP contribution in [-0.4, -0.2) is 42.7 Å². The number of halogens is 2. The number of rotatable bonds is 7. The molecule has 0 bridgehead atoms. The van der Waals surface area contributed by atoms with Crippen molar-refractivity contribution in [2.75, 3.05) is 13.7 Å². The first-order valence-electron chi connectivity index (χ1n) is 11.4. The fourth-order valence-corrected chi connectivity index (χ4v) is 5.22. The molecule has 0 unspecified atom stereocenters. The Morgan fingerprint density at radius 1 is 1.15 bits per heavy atom. The molecule has 3 atom stereocenters. The monoisotopic (exact) mass is 494 g/mol. The van der Waals surface area contributed by atoms with Crippen molar-refractivity contribution < 1.29 is 22.7 Å². The molecule has 34 heavy (non-hydrogen) atoms. The number of hydrogen-bond donors (Lipinski definition) is 0. The first-order valence-corrected chi connectivity index (χ1v) is 14.3. The smallest absolute Gasteiger partial charge is 0.333 e. The largest absolute Gasteiger partial charge is 0.497 e. The van der Waals surface area contributed by atoms with Crippen molar-refractivity contribution in [3.8, 4) is 5.75 Å². The molecular formula is C24H32F2N2O5Si. The number of methoxy groups -OCH3 is 1. The van der Waals surface area contributed by atoms with Gasteiger partial charge in [-0.1, -0.05) is 32.9 Å². The fourth-order valence-electron chi connectivity index (χ4n) is 4.21. The Morgan fingerprint density at radius 3 is 2.38 bits per heavy atom. The van der Waals surface area contributed by atoms with Gasteiger partial charge in [0.2, 0.25) is 0 Å². The Hall–Kier alpha value is -2.30. The minimum Gasteiger partial charge on any atom is -0.497 e. The summed E-state index contributed by atoms with van der Waals surface area (Å²) in [5.74, 6) is -3.37. The van der Waals surface area contributed by atoms with E-state index in [1.807, 2.05) is 33.9 Å². The van der Waals surface area contributed by atoms with Crippen molar-refractivity contribution >= 4 is 8.32 Å². The number of aromatic nitrogens is 2. The van der Waals surface area contributed by atoms with Gasteiger partial charge in [0.15, 0.2) is 13.9 Å². The number of ether oxygens (including phenoxy) is 2. The van der Waals surface area contributed by atoms with Gasteiger partial charge in [0.1, 0.15) is 12.0 Å². The summed E-state index contributed by atoms with van der Waals surface area (Å²) in [6.07, 6.45) is 0.419. The van der Waals surface area contributed by atoms with Gasteiger partial charge in [-0.3, -0.25) is 13.9 Å². The zero-order valence-corrected chi connectivity index (χ0v) is 21.4. The van der Waals surface area contributed by atoms with E-state index in [-0.39, 0.29) is 24.6 Å². The summed E-state index contributed by atoms with van der Waals surface area (Å²) in [6.45, 7) is 9.98. The van der Waals surface area contributed by atoms with Crippen LogP contribution in [-0.2, 0) is 15.7 Å². The number of fused-ring (bicyclic) bond motifs is 1. The van der Waals surface area contributed by atoms with Crippen LogP contribution in [0.4, 0.5) is 8.78 Å². The molecule has 4 rings (SSSR count). The second-order valence-electron chi connectivity index (χ2n) is 10.7. The van der Waals surface area contributed by atoms with Crippen LogP contribution in [0.5, 0.6) is 5.75 Å². The Balaban J connectivity index is 1.56. The van der Waals surface area contributed by atoms with E-state index in [1.165, 1.54) is 16.8 Å². The average Bonchev–Trinajstić information content (AvgIpc) is 3.04.